The normalized spacial score (nSPS) is 19.3. The highest BCUT2D eigenvalue weighted by Gasteiger charge is 2.47. The molecule has 2 aliphatic rings. The first-order valence-corrected chi connectivity index (χ1v) is 13.0. The minimum absolute atomic E-state index is 0.00976. The smallest absolute Gasteiger partial charge is 0.293 e. The number of hydrogen-bond acceptors (Lipinski definition) is 6. The Morgan fingerprint density at radius 1 is 0.769 bits per heavy atom. The number of thioether (sulfide) groups is 1. The third-order valence-electron chi connectivity index (χ3n) is 6.49. The molecule has 0 saturated heterocycles. The summed E-state index contributed by atoms with van der Waals surface area (Å²) in [7, 11) is 0. The molecule has 39 heavy (non-hydrogen) atoms. The Morgan fingerprint density at radius 3 is 1.79 bits per heavy atom. The molecule has 1 aliphatic heterocycles. The standard InChI is InChI=1S/C27H14F6O4S2/c1-11-18-22(37)21(36)16-10-17(19(34)12-2-6-14(7-3-12)26(28,29)30)38-24(16)25(18)39-23(11)20(35)13-4-8-15(9-5-13)27(31,32)33/h2-11,23H,1H3/t11-,23?/m0/s1. The summed E-state index contributed by atoms with van der Waals surface area (Å²) in [6, 6.07) is 8.48. The van der Waals surface area contributed by atoms with Gasteiger partial charge in [-0.15, -0.1) is 23.1 Å². The highest BCUT2D eigenvalue weighted by atomic mass is 32.2. The highest BCUT2D eigenvalue weighted by Crippen LogP contribution is 2.54. The largest absolute Gasteiger partial charge is 0.416 e. The van der Waals surface area contributed by atoms with Gasteiger partial charge < -0.3 is 0 Å². The molecule has 1 unspecified atom stereocenters. The van der Waals surface area contributed by atoms with Crippen molar-refractivity contribution in [2.45, 2.75) is 24.5 Å². The molecule has 0 saturated carbocycles. The van der Waals surface area contributed by atoms with Crippen LogP contribution in [0.4, 0.5) is 26.3 Å². The second-order valence-corrected chi connectivity index (χ2v) is 11.1. The average molecular weight is 581 g/mol. The van der Waals surface area contributed by atoms with Crippen molar-refractivity contribution in [2.24, 2.45) is 5.92 Å². The van der Waals surface area contributed by atoms with E-state index in [1.165, 1.54) is 6.07 Å². The number of thiophene rings is 1. The first-order valence-electron chi connectivity index (χ1n) is 11.3. The fraction of sp³-hybridized carbons (Fsp3) is 0.185. The van der Waals surface area contributed by atoms with Crippen LogP contribution in [0.1, 0.15) is 58.9 Å². The molecule has 2 atom stereocenters. The van der Waals surface area contributed by atoms with Crippen molar-refractivity contribution < 1.29 is 45.5 Å². The molecule has 12 heteroatoms. The van der Waals surface area contributed by atoms with Crippen molar-refractivity contribution in [3.05, 3.63) is 97.7 Å². The van der Waals surface area contributed by atoms with Gasteiger partial charge >= 0.3 is 12.4 Å². The molecule has 3 aromatic rings. The van der Waals surface area contributed by atoms with E-state index in [2.05, 4.69) is 0 Å². The minimum atomic E-state index is -4.58. The van der Waals surface area contributed by atoms with Crippen molar-refractivity contribution in [1.82, 2.24) is 0 Å². The number of fused-ring (bicyclic) bond motifs is 2. The molecule has 0 spiro atoms. The summed E-state index contributed by atoms with van der Waals surface area (Å²) in [5, 5.41) is -0.898. The number of alkyl halides is 6. The van der Waals surface area contributed by atoms with Crippen LogP contribution >= 0.6 is 23.1 Å². The van der Waals surface area contributed by atoms with Gasteiger partial charge in [0.25, 0.3) is 0 Å². The Bertz CT molecular complexity index is 1580. The summed E-state index contributed by atoms with van der Waals surface area (Å²) in [4.78, 5) is 52.7. The number of hydrogen-bond donors (Lipinski definition) is 0. The SMILES string of the molecule is C[C@H]1C2=C(SC1C(=O)c1ccc(C(F)(F)F)cc1)c1sc(C(=O)c3ccc(C(F)(F)F)cc3)cc1C(=O)C2=O. The number of Topliss-reactive ketones (excluding diaryl/α,β-unsaturated/α-hetero) is 3. The summed E-state index contributed by atoms with van der Waals surface area (Å²) in [5.41, 5.74) is -1.83. The molecule has 0 N–H and O–H groups in total. The van der Waals surface area contributed by atoms with Crippen LogP contribution in [0, 0.1) is 5.92 Å². The lowest BCUT2D eigenvalue weighted by atomic mass is 9.84. The fourth-order valence-electron chi connectivity index (χ4n) is 4.44. The van der Waals surface area contributed by atoms with E-state index in [0.717, 1.165) is 71.6 Å². The zero-order chi connectivity index (χ0) is 28.4. The lowest BCUT2D eigenvalue weighted by molar-refractivity contribution is -0.138. The van der Waals surface area contributed by atoms with Crippen LogP contribution in [-0.2, 0) is 17.1 Å². The van der Waals surface area contributed by atoms with Crippen LogP contribution < -0.4 is 0 Å². The molecule has 0 fully saturated rings. The zero-order valence-corrected chi connectivity index (χ0v) is 21.2. The summed E-state index contributed by atoms with van der Waals surface area (Å²) in [6.45, 7) is 1.57. The number of allylic oxidation sites excluding steroid dienone is 1. The summed E-state index contributed by atoms with van der Waals surface area (Å²) >= 11 is 1.89. The number of halogens is 6. The quantitative estimate of drug-likeness (QED) is 0.187. The maximum Gasteiger partial charge on any atom is 0.416 e. The van der Waals surface area contributed by atoms with Crippen LogP contribution in [0.3, 0.4) is 0 Å². The van der Waals surface area contributed by atoms with Crippen molar-refractivity contribution in [2.75, 3.05) is 0 Å². The highest BCUT2D eigenvalue weighted by molar-refractivity contribution is 8.10. The molecule has 5 rings (SSSR count). The molecular formula is C27H14F6O4S2. The molecule has 0 radical (unpaired) electrons. The maximum atomic E-state index is 13.2. The van der Waals surface area contributed by atoms with Gasteiger partial charge in [-0.05, 0) is 30.3 Å². The Labute approximate surface area is 224 Å². The molecular weight excluding hydrogens is 566 g/mol. The van der Waals surface area contributed by atoms with E-state index in [9.17, 15) is 45.5 Å². The minimum Gasteiger partial charge on any atom is -0.293 e. The topological polar surface area (TPSA) is 68.3 Å². The number of carbonyl (C=O) groups is 4. The molecule has 2 heterocycles. The van der Waals surface area contributed by atoms with Crippen molar-refractivity contribution in [1.29, 1.82) is 0 Å². The van der Waals surface area contributed by atoms with Gasteiger partial charge in [0.1, 0.15) is 0 Å². The summed E-state index contributed by atoms with van der Waals surface area (Å²) in [6.07, 6.45) is -9.15. The lowest BCUT2D eigenvalue weighted by Gasteiger charge is -2.16. The van der Waals surface area contributed by atoms with Gasteiger partial charge in [-0.25, -0.2) is 0 Å². The van der Waals surface area contributed by atoms with E-state index < -0.39 is 57.8 Å². The van der Waals surface area contributed by atoms with E-state index >= 15 is 0 Å². The average Bonchev–Trinajstić information content (AvgIpc) is 3.48. The van der Waals surface area contributed by atoms with Gasteiger partial charge in [0, 0.05) is 33.1 Å². The van der Waals surface area contributed by atoms with E-state index in [0.29, 0.717) is 9.78 Å². The summed E-state index contributed by atoms with van der Waals surface area (Å²) in [5.74, 6) is -3.61. The van der Waals surface area contributed by atoms with E-state index in [1.54, 1.807) is 6.92 Å². The number of benzene rings is 2. The summed E-state index contributed by atoms with van der Waals surface area (Å²) < 4.78 is 77.3. The second-order valence-electron chi connectivity index (χ2n) is 8.93. The van der Waals surface area contributed by atoms with Crippen LogP contribution in [0.2, 0.25) is 0 Å². The predicted molar refractivity (Wildman–Crippen MR) is 132 cm³/mol. The van der Waals surface area contributed by atoms with Crippen molar-refractivity contribution in [3.63, 3.8) is 0 Å². The molecule has 0 bridgehead atoms. The molecule has 1 aromatic heterocycles. The number of ketones is 4. The Hall–Kier alpha value is -3.51. The molecule has 1 aliphatic carbocycles. The van der Waals surface area contributed by atoms with E-state index in [4.69, 9.17) is 0 Å². The first kappa shape index (κ1) is 27.1. The van der Waals surface area contributed by atoms with E-state index in [1.807, 2.05) is 0 Å². The van der Waals surface area contributed by atoms with Gasteiger partial charge in [-0.3, -0.25) is 19.2 Å². The lowest BCUT2D eigenvalue weighted by Crippen LogP contribution is -2.28. The van der Waals surface area contributed by atoms with Crippen LogP contribution in [0.5, 0.6) is 0 Å². The second kappa shape index (κ2) is 9.30. The van der Waals surface area contributed by atoms with Crippen molar-refractivity contribution in [3.8, 4) is 0 Å². The van der Waals surface area contributed by atoms with E-state index in [-0.39, 0.29) is 27.1 Å². The van der Waals surface area contributed by atoms with Crippen molar-refractivity contribution >= 4 is 51.1 Å². The van der Waals surface area contributed by atoms with Gasteiger partial charge in [0.2, 0.25) is 17.3 Å². The molecule has 2 aromatic carbocycles. The number of rotatable bonds is 4. The Kier molecular flexibility index (Phi) is 6.46. The van der Waals surface area contributed by atoms with Crippen LogP contribution in [0.25, 0.3) is 4.91 Å². The Balaban J connectivity index is 1.45. The van der Waals surface area contributed by atoms with Gasteiger partial charge in [-0.1, -0.05) is 31.2 Å². The number of carbonyl (C=O) groups excluding carboxylic acids is 4. The third kappa shape index (κ3) is 4.65. The molecule has 0 amide bonds. The van der Waals surface area contributed by atoms with Crippen LogP contribution in [0.15, 0.2) is 60.2 Å². The fourth-order valence-corrected chi connectivity index (χ4v) is 7.24. The maximum absolute atomic E-state index is 13.2. The first-order chi connectivity index (χ1) is 18.2. The van der Waals surface area contributed by atoms with Gasteiger partial charge in [0.15, 0.2) is 5.78 Å². The van der Waals surface area contributed by atoms with Crippen LogP contribution in [-0.4, -0.2) is 28.4 Å². The zero-order valence-electron chi connectivity index (χ0n) is 19.6. The van der Waals surface area contributed by atoms with Gasteiger partial charge in [0.05, 0.1) is 26.1 Å². The Morgan fingerprint density at radius 2 is 1.28 bits per heavy atom. The van der Waals surface area contributed by atoms with Gasteiger partial charge in [-0.2, -0.15) is 26.3 Å². The molecule has 200 valence electrons. The third-order valence-corrected chi connectivity index (χ3v) is 9.30. The monoisotopic (exact) mass is 580 g/mol. The molecule has 4 nitrogen and oxygen atoms in total. The predicted octanol–water partition coefficient (Wildman–Crippen LogP) is 7.13.